The summed E-state index contributed by atoms with van der Waals surface area (Å²) in [6.45, 7) is 0.508. The van der Waals surface area contributed by atoms with Crippen LogP contribution < -0.4 is 10.5 Å². The lowest BCUT2D eigenvalue weighted by Gasteiger charge is -2.06. The summed E-state index contributed by atoms with van der Waals surface area (Å²) < 4.78 is 25.4. The van der Waals surface area contributed by atoms with E-state index < -0.39 is 5.82 Å². The van der Waals surface area contributed by atoms with Gasteiger partial charge in [0.1, 0.15) is 0 Å². The molecule has 0 saturated heterocycles. The smallest absolute Gasteiger partial charge is 0.201 e. The van der Waals surface area contributed by atoms with Gasteiger partial charge in [-0.1, -0.05) is 0 Å². The minimum absolute atomic E-state index is 0.167. The van der Waals surface area contributed by atoms with Crippen LogP contribution in [0, 0.1) is 5.82 Å². The molecule has 2 aromatic heterocycles. The van der Waals surface area contributed by atoms with Crippen molar-refractivity contribution in [1.82, 2.24) is 9.55 Å². The highest BCUT2D eigenvalue weighted by Gasteiger charge is 2.13. The van der Waals surface area contributed by atoms with Crippen LogP contribution in [0.2, 0.25) is 0 Å². The topological polar surface area (TPSA) is 66.2 Å². The number of aromatic nitrogens is 2. The Bertz CT molecular complexity index is 719. The Morgan fingerprint density at radius 1 is 1.47 bits per heavy atom. The van der Waals surface area contributed by atoms with Gasteiger partial charge in [-0.05, 0) is 6.07 Å². The molecule has 98 valence electrons. The second-order valence-corrected chi connectivity index (χ2v) is 4.16. The van der Waals surface area contributed by atoms with Crippen LogP contribution in [0.3, 0.4) is 0 Å². The van der Waals surface area contributed by atoms with E-state index in [2.05, 4.69) is 4.98 Å². The molecule has 0 unspecified atom stereocenters. The minimum atomic E-state index is -0.456. The first-order valence-electron chi connectivity index (χ1n) is 5.69. The zero-order valence-electron chi connectivity index (χ0n) is 10.3. The van der Waals surface area contributed by atoms with Gasteiger partial charge in [-0.15, -0.1) is 0 Å². The molecule has 0 radical (unpaired) electrons. The fourth-order valence-electron chi connectivity index (χ4n) is 2.03. The quantitative estimate of drug-likeness (QED) is 0.786. The van der Waals surface area contributed by atoms with E-state index >= 15 is 0 Å². The number of benzene rings is 1. The van der Waals surface area contributed by atoms with Gasteiger partial charge in [-0.2, -0.15) is 0 Å². The third kappa shape index (κ3) is 1.91. The molecule has 0 fully saturated rings. The van der Waals surface area contributed by atoms with Crippen LogP contribution in [0.5, 0.6) is 5.75 Å². The van der Waals surface area contributed by atoms with Crippen molar-refractivity contribution < 1.29 is 13.5 Å². The van der Waals surface area contributed by atoms with E-state index in [1.807, 2.05) is 6.07 Å². The van der Waals surface area contributed by atoms with Crippen LogP contribution in [0.25, 0.3) is 11.0 Å². The third-order valence-corrected chi connectivity index (χ3v) is 2.97. The Morgan fingerprint density at radius 3 is 3.00 bits per heavy atom. The summed E-state index contributed by atoms with van der Waals surface area (Å²) in [6.07, 6.45) is 3.22. The Kier molecular flexibility index (Phi) is 2.63. The number of ether oxygens (including phenoxy) is 1. The van der Waals surface area contributed by atoms with Crippen LogP contribution in [0.1, 0.15) is 5.56 Å². The van der Waals surface area contributed by atoms with Crippen LogP contribution in [0.15, 0.2) is 35.1 Å². The van der Waals surface area contributed by atoms with E-state index in [0.717, 1.165) is 11.1 Å². The number of furan rings is 1. The number of nitrogen functional groups attached to an aromatic ring is 1. The number of halogens is 1. The maximum atomic E-state index is 13.6. The summed E-state index contributed by atoms with van der Waals surface area (Å²) >= 11 is 0. The van der Waals surface area contributed by atoms with Gasteiger partial charge in [0.2, 0.25) is 5.95 Å². The summed E-state index contributed by atoms with van der Waals surface area (Å²) in [5, 5.41) is 0. The number of hydrogen-bond acceptors (Lipinski definition) is 4. The number of nitrogens with two attached hydrogens (primary N) is 1. The fraction of sp³-hybridized carbons (Fsp3) is 0.154. The number of imidazole rings is 1. The highest BCUT2D eigenvalue weighted by molar-refractivity contribution is 5.80. The largest absolute Gasteiger partial charge is 0.494 e. The fourth-order valence-corrected chi connectivity index (χ4v) is 2.03. The molecule has 3 aromatic rings. The monoisotopic (exact) mass is 261 g/mol. The average Bonchev–Trinajstić information content (AvgIpc) is 2.98. The van der Waals surface area contributed by atoms with Crippen molar-refractivity contribution in [2.75, 3.05) is 12.8 Å². The molecule has 0 atom stereocenters. The summed E-state index contributed by atoms with van der Waals surface area (Å²) in [5.41, 5.74) is 8.04. The van der Waals surface area contributed by atoms with Gasteiger partial charge in [0.25, 0.3) is 0 Å². The zero-order chi connectivity index (χ0) is 13.4. The van der Waals surface area contributed by atoms with Gasteiger partial charge in [-0.25, -0.2) is 9.37 Å². The molecule has 6 heteroatoms. The van der Waals surface area contributed by atoms with Crippen molar-refractivity contribution in [2.24, 2.45) is 0 Å². The molecule has 5 nitrogen and oxygen atoms in total. The van der Waals surface area contributed by atoms with E-state index in [1.165, 1.54) is 13.2 Å². The van der Waals surface area contributed by atoms with E-state index in [9.17, 15) is 4.39 Å². The molecule has 1 aromatic carbocycles. The highest BCUT2D eigenvalue weighted by Crippen LogP contribution is 2.26. The maximum Gasteiger partial charge on any atom is 0.201 e. The van der Waals surface area contributed by atoms with Crippen LogP contribution in [0.4, 0.5) is 10.3 Å². The molecule has 2 heterocycles. The summed E-state index contributed by atoms with van der Waals surface area (Å²) in [7, 11) is 1.42. The van der Waals surface area contributed by atoms with E-state index in [4.69, 9.17) is 14.9 Å². The van der Waals surface area contributed by atoms with E-state index in [1.54, 1.807) is 23.2 Å². The minimum Gasteiger partial charge on any atom is -0.494 e. The lowest BCUT2D eigenvalue weighted by molar-refractivity contribution is 0.387. The van der Waals surface area contributed by atoms with Crippen molar-refractivity contribution in [2.45, 2.75) is 6.54 Å². The molecule has 3 rings (SSSR count). The molecule has 2 N–H and O–H groups in total. The van der Waals surface area contributed by atoms with Crippen LogP contribution in [-0.4, -0.2) is 16.7 Å². The Labute approximate surface area is 108 Å². The highest BCUT2D eigenvalue weighted by atomic mass is 19.1. The van der Waals surface area contributed by atoms with Crippen molar-refractivity contribution in [3.8, 4) is 5.75 Å². The van der Waals surface area contributed by atoms with Crippen molar-refractivity contribution >= 4 is 17.0 Å². The van der Waals surface area contributed by atoms with Crippen molar-refractivity contribution in [1.29, 1.82) is 0 Å². The van der Waals surface area contributed by atoms with Gasteiger partial charge in [0.15, 0.2) is 11.6 Å². The molecule has 0 bridgehead atoms. The number of rotatable bonds is 3. The second kappa shape index (κ2) is 4.31. The molecule has 0 spiro atoms. The standard InChI is InChI=1S/C13H12FN3O2/c1-18-12-5-11-10(4-9(12)14)16-13(15)17(11)6-8-2-3-19-7-8/h2-5,7H,6H2,1H3,(H2,15,16). The Morgan fingerprint density at radius 2 is 2.32 bits per heavy atom. The zero-order valence-corrected chi connectivity index (χ0v) is 10.3. The van der Waals surface area contributed by atoms with Gasteiger partial charge in [0, 0.05) is 17.7 Å². The molecule has 0 aliphatic carbocycles. The maximum absolute atomic E-state index is 13.6. The first-order valence-corrected chi connectivity index (χ1v) is 5.69. The number of fused-ring (bicyclic) bond motifs is 1. The van der Waals surface area contributed by atoms with Gasteiger partial charge < -0.3 is 19.5 Å². The molecule has 0 aliphatic rings. The normalized spacial score (nSPS) is 11.1. The van der Waals surface area contributed by atoms with Crippen LogP contribution >= 0.6 is 0 Å². The first-order chi connectivity index (χ1) is 9.19. The van der Waals surface area contributed by atoms with Crippen molar-refractivity contribution in [3.05, 3.63) is 42.1 Å². The number of hydrogen-bond donors (Lipinski definition) is 1. The van der Waals surface area contributed by atoms with Gasteiger partial charge in [0.05, 0.1) is 37.2 Å². The number of nitrogens with zero attached hydrogens (tertiary/aromatic N) is 2. The Balaban J connectivity index is 2.15. The van der Waals surface area contributed by atoms with Crippen molar-refractivity contribution in [3.63, 3.8) is 0 Å². The predicted molar refractivity (Wildman–Crippen MR) is 68.5 cm³/mol. The molecule has 0 saturated carbocycles. The third-order valence-electron chi connectivity index (χ3n) is 2.97. The molecule has 0 aliphatic heterocycles. The number of anilines is 1. The lowest BCUT2D eigenvalue weighted by atomic mass is 10.2. The second-order valence-electron chi connectivity index (χ2n) is 4.16. The summed E-state index contributed by atoms with van der Waals surface area (Å²) in [5.74, 6) is 0.0349. The van der Waals surface area contributed by atoms with E-state index in [0.29, 0.717) is 18.0 Å². The summed E-state index contributed by atoms with van der Waals surface area (Å²) in [4.78, 5) is 4.14. The molecule has 19 heavy (non-hydrogen) atoms. The molecular formula is C13H12FN3O2. The lowest BCUT2D eigenvalue weighted by Crippen LogP contribution is -2.04. The molecular weight excluding hydrogens is 249 g/mol. The first kappa shape index (κ1) is 11.6. The van der Waals surface area contributed by atoms with Gasteiger partial charge >= 0.3 is 0 Å². The van der Waals surface area contributed by atoms with Gasteiger partial charge in [-0.3, -0.25) is 0 Å². The Hall–Kier alpha value is -2.50. The average molecular weight is 261 g/mol. The summed E-state index contributed by atoms with van der Waals surface area (Å²) in [6, 6.07) is 4.75. The SMILES string of the molecule is COc1cc2c(cc1F)nc(N)n2Cc1ccoc1. The number of methoxy groups -OCH3 is 1. The molecule has 0 amide bonds. The van der Waals surface area contributed by atoms with E-state index in [-0.39, 0.29) is 5.75 Å². The predicted octanol–water partition coefficient (Wildman–Crippen LogP) is 2.41. The van der Waals surface area contributed by atoms with Crippen LogP contribution in [-0.2, 0) is 6.54 Å².